The van der Waals surface area contributed by atoms with Crippen LogP contribution in [0.2, 0.25) is 0 Å². The number of likely N-dealkylation sites (N-methyl/N-ethyl adjacent to an activating group) is 1. The first kappa shape index (κ1) is 20.4. The number of carbonyl (C=O) groups excluding carboxylic acids is 1. The van der Waals surface area contributed by atoms with Gasteiger partial charge in [-0.15, -0.1) is 0 Å². The second kappa shape index (κ2) is 9.32. The minimum absolute atomic E-state index is 0.0876. The average Bonchev–Trinajstić information content (AvgIpc) is 3.26. The van der Waals surface area contributed by atoms with Gasteiger partial charge in [-0.3, -0.25) is 4.79 Å². The van der Waals surface area contributed by atoms with Crippen LogP contribution in [-0.4, -0.2) is 35.8 Å². The summed E-state index contributed by atoms with van der Waals surface area (Å²) >= 11 is 0. The molecule has 0 radical (unpaired) electrons. The molecular weight excluding hydrogens is 370 g/mol. The molecule has 1 atom stereocenters. The van der Waals surface area contributed by atoms with Crippen molar-refractivity contribution in [2.24, 2.45) is 5.92 Å². The molecule has 4 heteroatoms. The lowest BCUT2D eigenvalue weighted by Crippen LogP contribution is -2.43. The van der Waals surface area contributed by atoms with Gasteiger partial charge in [-0.05, 0) is 30.9 Å². The number of rotatable bonds is 5. The summed E-state index contributed by atoms with van der Waals surface area (Å²) in [5, 5.41) is 3.17. The molecule has 1 unspecified atom stereocenters. The highest BCUT2D eigenvalue weighted by Gasteiger charge is 2.33. The molecule has 1 heterocycles. The van der Waals surface area contributed by atoms with E-state index in [9.17, 15) is 4.79 Å². The Balaban J connectivity index is 1.55. The zero-order chi connectivity index (χ0) is 20.9. The molecule has 4 rings (SSSR count). The third-order valence-electron chi connectivity index (χ3n) is 6.54. The van der Waals surface area contributed by atoms with Crippen LogP contribution in [0, 0.1) is 5.92 Å². The van der Waals surface area contributed by atoms with E-state index < -0.39 is 0 Å². The van der Waals surface area contributed by atoms with Crippen molar-refractivity contribution in [2.45, 2.75) is 57.4 Å². The lowest BCUT2D eigenvalue weighted by atomic mass is 9.86. The molecule has 1 aromatic rings. The van der Waals surface area contributed by atoms with Crippen molar-refractivity contribution >= 4 is 17.8 Å². The fourth-order valence-corrected chi connectivity index (χ4v) is 4.71. The summed E-state index contributed by atoms with van der Waals surface area (Å²) in [7, 11) is 2.02. The van der Waals surface area contributed by atoms with E-state index in [2.05, 4.69) is 41.1 Å². The first-order chi connectivity index (χ1) is 14.6. The standard InChI is InChI=1S/C26H31N3O/c1-19-23(28-25(30)17-16-20-10-5-3-6-11-20)18-27-26(21-12-7-4-8-13-21)22-14-9-15-24(22)29(19)2/h4,7-8,12-15,18,20,23H,1,3,5-6,9-11,16-17H2,2H3/p+1. The van der Waals surface area contributed by atoms with Crippen LogP contribution in [0.15, 0.2) is 66.0 Å². The SMILES string of the molecule is C=C1C(NC(=O)CCC2CCCCC2)C=[N+]=C(c2ccccc2)C2=CCC=C2N1C. The van der Waals surface area contributed by atoms with Crippen LogP contribution in [0.3, 0.4) is 0 Å². The largest absolute Gasteiger partial charge is 0.346 e. The molecule has 4 nitrogen and oxygen atoms in total. The van der Waals surface area contributed by atoms with Crippen molar-refractivity contribution in [1.82, 2.24) is 14.9 Å². The molecule has 156 valence electrons. The van der Waals surface area contributed by atoms with E-state index >= 15 is 0 Å². The number of allylic oxidation sites excluding steroid dienone is 3. The molecule has 1 saturated carbocycles. The Bertz CT molecular complexity index is 928. The number of benzene rings is 1. The van der Waals surface area contributed by atoms with Crippen molar-refractivity contribution in [3.8, 4) is 0 Å². The van der Waals surface area contributed by atoms with Crippen molar-refractivity contribution in [3.05, 3.63) is 71.6 Å². The molecule has 0 bridgehead atoms. The van der Waals surface area contributed by atoms with E-state index in [4.69, 9.17) is 4.67 Å². The van der Waals surface area contributed by atoms with Gasteiger partial charge in [0.2, 0.25) is 5.91 Å². The molecular formula is C26H32N3O+. The van der Waals surface area contributed by atoms with Gasteiger partial charge in [0, 0.05) is 19.2 Å². The highest BCUT2D eigenvalue weighted by Crippen LogP contribution is 2.29. The fourth-order valence-electron chi connectivity index (χ4n) is 4.71. The fraction of sp³-hybridized carbons (Fsp3) is 0.423. The van der Waals surface area contributed by atoms with Gasteiger partial charge in [-0.25, -0.2) is 0 Å². The summed E-state index contributed by atoms with van der Waals surface area (Å²) in [5.41, 5.74) is 5.10. The summed E-state index contributed by atoms with van der Waals surface area (Å²) in [5.74, 6) is 0.792. The summed E-state index contributed by atoms with van der Waals surface area (Å²) in [4.78, 5) is 14.8. The number of nitrogens with zero attached hydrogens (tertiary/aromatic N) is 2. The number of hydrogen-bond donors (Lipinski definition) is 1. The van der Waals surface area contributed by atoms with E-state index in [1.165, 1.54) is 32.1 Å². The van der Waals surface area contributed by atoms with Gasteiger partial charge in [0.05, 0.1) is 16.8 Å². The van der Waals surface area contributed by atoms with Gasteiger partial charge in [-0.1, -0.05) is 73.7 Å². The number of fused-ring (bicyclic) bond motifs is 1. The third-order valence-corrected chi connectivity index (χ3v) is 6.54. The topological polar surface area (TPSA) is 46.4 Å². The molecule has 0 spiro atoms. The quantitative estimate of drug-likeness (QED) is 0.753. The smallest absolute Gasteiger partial charge is 0.342 e. The predicted octanol–water partition coefficient (Wildman–Crippen LogP) is 4.13. The average molecular weight is 403 g/mol. The summed E-state index contributed by atoms with van der Waals surface area (Å²) in [6.07, 6.45) is 15.2. The first-order valence-corrected chi connectivity index (χ1v) is 11.2. The second-order valence-electron chi connectivity index (χ2n) is 8.57. The van der Waals surface area contributed by atoms with Crippen LogP contribution in [-0.2, 0) is 4.79 Å². The minimum atomic E-state index is -0.310. The number of hydrogen-bond acceptors (Lipinski definition) is 2. The maximum Gasteiger partial charge on any atom is 0.342 e. The summed E-state index contributed by atoms with van der Waals surface area (Å²) < 4.78 is 4.85. The predicted molar refractivity (Wildman–Crippen MR) is 124 cm³/mol. The number of nitrogens with one attached hydrogen (secondary N) is 1. The molecule has 1 aromatic carbocycles. The van der Waals surface area contributed by atoms with Crippen molar-refractivity contribution in [3.63, 3.8) is 0 Å². The highest BCUT2D eigenvalue weighted by atomic mass is 16.1. The van der Waals surface area contributed by atoms with Crippen LogP contribution < -0.4 is 9.98 Å². The lowest BCUT2D eigenvalue weighted by Gasteiger charge is -2.28. The molecule has 1 amide bonds. The first-order valence-electron chi connectivity index (χ1n) is 11.2. The van der Waals surface area contributed by atoms with Crippen LogP contribution in [0.5, 0.6) is 0 Å². The van der Waals surface area contributed by atoms with Gasteiger partial charge < -0.3 is 10.2 Å². The van der Waals surface area contributed by atoms with E-state index in [1.54, 1.807) is 0 Å². The molecule has 30 heavy (non-hydrogen) atoms. The Morgan fingerprint density at radius 1 is 1.17 bits per heavy atom. The zero-order valence-corrected chi connectivity index (χ0v) is 17.9. The van der Waals surface area contributed by atoms with Gasteiger partial charge in [0.1, 0.15) is 0 Å². The van der Waals surface area contributed by atoms with E-state index in [0.29, 0.717) is 12.3 Å². The van der Waals surface area contributed by atoms with Gasteiger partial charge >= 0.3 is 5.71 Å². The van der Waals surface area contributed by atoms with Gasteiger partial charge in [0.15, 0.2) is 6.04 Å². The Morgan fingerprint density at radius 3 is 2.70 bits per heavy atom. The molecule has 0 saturated heterocycles. The molecule has 1 fully saturated rings. The highest BCUT2D eigenvalue weighted by molar-refractivity contribution is 6.16. The second-order valence-corrected chi connectivity index (χ2v) is 8.57. The van der Waals surface area contributed by atoms with Crippen molar-refractivity contribution in [1.29, 1.82) is 0 Å². The Morgan fingerprint density at radius 2 is 1.93 bits per heavy atom. The van der Waals surface area contributed by atoms with Gasteiger partial charge in [-0.2, -0.15) is 0 Å². The lowest BCUT2D eigenvalue weighted by molar-refractivity contribution is -0.121. The molecule has 2 aliphatic carbocycles. The summed E-state index contributed by atoms with van der Waals surface area (Å²) in [6.45, 7) is 4.28. The minimum Gasteiger partial charge on any atom is -0.346 e. The molecule has 1 aliphatic heterocycles. The Kier molecular flexibility index (Phi) is 6.35. The van der Waals surface area contributed by atoms with E-state index in [-0.39, 0.29) is 11.9 Å². The number of carbonyl (C=O) groups is 1. The Hall–Kier alpha value is -2.84. The van der Waals surface area contributed by atoms with Crippen LogP contribution >= 0.6 is 0 Å². The van der Waals surface area contributed by atoms with Crippen LogP contribution in [0.25, 0.3) is 0 Å². The molecule has 1 N–H and O–H groups in total. The summed E-state index contributed by atoms with van der Waals surface area (Å²) in [6, 6.07) is 9.93. The third kappa shape index (κ3) is 4.49. The molecule has 0 aromatic heterocycles. The normalized spacial score (nSPS) is 21.9. The Labute approximate surface area is 179 Å². The van der Waals surface area contributed by atoms with Crippen LogP contribution in [0.1, 0.15) is 56.9 Å². The molecule has 3 aliphatic rings. The van der Waals surface area contributed by atoms with Gasteiger partial charge in [0.25, 0.3) is 6.21 Å². The number of amides is 1. The maximum absolute atomic E-state index is 12.7. The van der Waals surface area contributed by atoms with Crippen molar-refractivity contribution < 1.29 is 4.79 Å². The zero-order valence-electron chi connectivity index (χ0n) is 17.9. The van der Waals surface area contributed by atoms with E-state index in [1.807, 2.05) is 31.5 Å². The van der Waals surface area contributed by atoms with Crippen molar-refractivity contribution in [2.75, 3.05) is 7.05 Å². The van der Waals surface area contributed by atoms with Crippen LogP contribution in [0.4, 0.5) is 0 Å². The van der Waals surface area contributed by atoms with E-state index in [0.717, 1.165) is 41.1 Å². The maximum atomic E-state index is 12.7. The monoisotopic (exact) mass is 402 g/mol.